The van der Waals surface area contributed by atoms with E-state index in [9.17, 15) is 4.79 Å². The number of anilines is 1. The molecule has 1 aromatic rings. The zero-order valence-corrected chi connectivity index (χ0v) is 10.0. The van der Waals surface area contributed by atoms with E-state index in [1.165, 1.54) is 13.4 Å². The highest BCUT2D eigenvalue weighted by atomic mass is 35.5. The first-order chi connectivity index (χ1) is 7.69. The SMILES string of the molecule is CCc1c(Cl)ncnc1NCCC(=O)OC. The van der Waals surface area contributed by atoms with Crippen molar-refractivity contribution in [2.45, 2.75) is 19.8 Å². The summed E-state index contributed by atoms with van der Waals surface area (Å²) in [6.45, 7) is 2.43. The zero-order valence-electron chi connectivity index (χ0n) is 9.29. The normalized spacial score (nSPS) is 9.94. The molecule has 0 fully saturated rings. The lowest BCUT2D eigenvalue weighted by Crippen LogP contribution is -2.12. The number of nitrogens with zero attached hydrogens (tertiary/aromatic N) is 2. The highest BCUT2D eigenvalue weighted by Gasteiger charge is 2.08. The fourth-order valence-corrected chi connectivity index (χ4v) is 1.51. The van der Waals surface area contributed by atoms with E-state index in [1.54, 1.807) is 0 Å². The molecule has 1 rings (SSSR count). The summed E-state index contributed by atoms with van der Waals surface area (Å²) in [7, 11) is 1.36. The van der Waals surface area contributed by atoms with Gasteiger partial charge >= 0.3 is 5.97 Å². The average Bonchev–Trinajstić information content (AvgIpc) is 2.29. The summed E-state index contributed by atoms with van der Waals surface area (Å²) in [4.78, 5) is 18.9. The van der Waals surface area contributed by atoms with Crippen LogP contribution in [0.4, 0.5) is 5.82 Å². The third-order valence-electron chi connectivity index (χ3n) is 2.10. The molecule has 0 aliphatic rings. The van der Waals surface area contributed by atoms with Gasteiger partial charge in [0.15, 0.2) is 0 Å². The van der Waals surface area contributed by atoms with Gasteiger partial charge in [-0.15, -0.1) is 0 Å². The highest BCUT2D eigenvalue weighted by Crippen LogP contribution is 2.19. The van der Waals surface area contributed by atoms with Gasteiger partial charge in [-0.1, -0.05) is 18.5 Å². The van der Waals surface area contributed by atoms with E-state index in [0.717, 1.165) is 12.0 Å². The van der Waals surface area contributed by atoms with E-state index in [0.29, 0.717) is 23.9 Å². The Morgan fingerprint density at radius 1 is 1.56 bits per heavy atom. The summed E-state index contributed by atoms with van der Waals surface area (Å²) in [5.74, 6) is 0.414. The fourth-order valence-electron chi connectivity index (χ4n) is 1.24. The van der Waals surface area contributed by atoms with Gasteiger partial charge in [0.25, 0.3) is 0 Å². The minimum atomic E-state index is -0.259. The van der Waals surface area contributed by atoms with Gasteiger partial charge in [-0.3, -0.25) is 4.79 Å². The van der Waals surface area contributed by atoms with Crippen LogP contribution in [0.2, 0.25) is 5.15 Å². The van der Waals surface area contributed by atoms with Crippen LogP contribution in [-0.4, -0.2) is 29.6 Å². The van der Waals surface area contributed by atoms with Crippen molar-refractivity contribution in [1.29, 1.82) is 0 Å². The molecule has 1 N–H and O–H groups in total. The van der Waals surface area contributed by atoms with Crippen LogP contribution in [0.15, 0.2) is 6.33 Å². The molecule has 0 atom stereocenters. The molecule has 1 heterocycles. The molecule has 1 aromatic heterocycles. The molecule has 5 nitrogen and oxygen atoms in total. The summed E-state index contributed by atoms with van der Waals surface area (Å²) in [5, 5.41) is 3.48. The van der Waals surface area contributed by atoms with Crippen LogP contribution >= 0.6 is 11.6 Å². The van der Waals surface area contributed by atoms with Crippen molar-refractivity contribution in [1.82, 2.24) is 9.97 Å². The Balaban J connectivity index is 2.60. The van der Waals surface area contributed by atoms with Gasteiger partial charge in [0.1, 0.15) is 17.3 Å². The lowest BCUT2D eigenvalue weighted by Gasteiger charge is -2.09. The average molecular weight is 244 g/mol. The third kappa shape index (κ3) is 3.34. The topological polar surface area (TPSA) is 64.1 Å². The molecule has 0 aliphatic heterocycles. The molecular formula is C10H14ClN3O2. The molecule has 0 unspecified atom stereocenters. The second-order valence-corrected chi connectivity index (χ2v) is 3.46. The quantitative estimate of drug-likeness (QED) is 0.630. The van der Waals surface area contributed by atoms with Crippen molar-refractivity contribution in [3.63, 3.8) is 0 Å². The number of carbonyl (C=O) groups is 1. The third-order valence-corrected chi connectivity index (χ3v) is 2.42. The summed E-state index contributed by atoms with van der Waals surface area (Å²) in [5.41, 5.74) is 0.856. The van der Waals surface area contributed by atoms with E-state index >= 15 is 0 Å². The van der Waals surface area contributed by atoms with Gasteiger partial charge in [0.05, 0.1) is 13.5 Å². The maximum Gasteiger partial charge on any atom is 0.307 e. The molecule has 16 heavy (non-hydrogen) atoms. The number of hydrogen-bond donors (Lipinski definition) is 1. The molecule has 6 heteroatoms. The molecule has 88 valence electrons. The van der Waals surface area contributed by atoms with Gasteiger partial charge in [0.2, 0.25) is 0 Å². The number of carbonyl (C=O) groups excluding carboxylic acids is 1. The van der Waals surface area contributed by atoms with Gasteiger partial charge in [-0.05, 0) is 6.42 Å². The van der Waals surface area contributed by atoms with Crippen molar-refractivity contribution in [2.24, 2.45) is 0 Å². The molecule has 0 amide bonds. The van der Waals surface area contributed by atoms with Crippen molar-refractivity contribution in [3.05, 3.63) is 17.0 Å². The predicted molar refractivity (Wildman–Crippen MR) is 61.5 cm³/mol. The summed E-state index contributed by atoms with van der Waals surface area (Å²) >= 11 is 5.92. The van der Waals surface area contributed by atoms with E-state index in [4.69, 9.17) is 11.6 Å². The fraction of sp³-hybridized carbons (Fsp3) is 0.500. The van der Waals surface area contributed by atoms with E-state index in [1.807, 2.05) is 6.92 Å². The van der Waals surface area contributed by atoms with E-state index in [2.05, 4.69) is 20.0 Å². The number of hydrogen-bond acceptors (Lipinski definition) is 5. The number of esters is 1. The standard InChI is InChI=1S/C10H14ClN3O2/c1-3-7-9(11)13-6-14-10(7)12-5-4-8(15)16-2/h6H,3-5H2,1-2H3,(H,12,13,14). The van der Waals surface area contributed by atoms with E-state index < -0.39 is 0 Å². The number of rotatable bonds is 5. The van der Waals surface area contributed by atoms with Gasteiger partial charge in [0, 0.05) is 12.1 Å². The van der Waals surface area contributed by atoms with Gasteiger partial charge in [-0.2, -0.15) is 0 Å². The lowest BCUT2D eigenvalue weighted by molar-refractivity contribution is -0.140. The first kappa shape index (κ1) is 12.7. The Morgan fingerprint density at radius 2 is 2.31 bits per heavy atom. The molecule has 0 saturated carbocycles. The Kier molecular flexibility index (Phi) is 4.98. The number of halogens is 1. The van der Waals surface area contributed by atoms with Crippen LogP contribution in [-0.2, 0) is 16.0 Å². The largest absolute Gasteiger partial charge is 0.469 e. The highest BCUT2D eigenvalue weighted by molar-refractivity contribution is 6.30. The molecule has 0 radical (unpaired) electrons. The predicted octanol–water partition coefficient (Wildman–Crippen LogP) is 1.67. The number of aromatic nitrogens is 2. The molecular weight excluding hydrogens is 230 g/mol. The number of methoxy groups -OCH3 is 1. The summed E-state index contributed by atoms with van der Waals surface area (Å²) < 4.78 is 4.53. The zero-order chi connectivity index (χ0) is 12.0. The van der Waals surface area contributed by atoms with Crippen LogP contribution < -0.4 is 5.32 Å². The molecule has 0 aliphatic carbocycles. The van der Waals surface area contributed by atoms with Crippen molar-refractivity contribution in [3.8, 4) is 0 Å². The van der Waals surface area contributed by atoms with Crippen molar-refractivity contribution >= 4 is 23.4 Å². The molecule has 0 saturated heterocycles. The first-order valence-corrected chi connectivity index (χ1v) is 5.36. The van der Waals surface area contributed by atoms with Gasteiger partial charge < -0.3 is 10.1 Å². The van der Waals surface area contributed by atoms with Crippen LogP contribution in [0.1, 0.15) is 18.9 Å². The smallest absolute Gasteiger partial charge is 0.307 e. The summed E-state index contributed by atoms with van der Waals surface area (Å²) in [6.07, 6.45) is 2.42. The lowest BCUT2D eigenvalue weighted by atomic mass is 10.2. The van der Waals surface area contributed by atoms with Crippen molar-refractivity contribution in [2.75, 3.05) is 19.0 Å². The minimum Gasteiger partial charge on any atom is -0.469 e. The van der Waals surface area contributed by atoms with Gasteiger partial charge in [-0.25, -0.2) is 9.97 Å². The first-order valence-electron chi connectivity index (χ1n) is 4.99. The van der Waals surface area contributed by atoms with Crippen LogP contribution in [0, 0.1) is 0 Å². The second-order valence-electron chi connectivity index (χ2n) is 3.10. The minimum absolute atomic E-state index is 0.259. The molecule has 0 aromatic carbocycles. The van der Waals surface area contributed by atoms with Crippen molar-refractivity contribution < 1.29 is 9.53 Å². The van der Waals surface area contributed by atoms with Crippen LogP contribution in [0.3, 0.4) is 0 Å². The maximum atomic E-state index is 10.9. The van der Waals surface area contributed by atoms with Crippen LogP contribution in [0.5, 0.6) is 0 Å². The Hall–Kier alpha value is -1.36. The molecule has 0 bridgehead atoms. The number of nitrogens with one attached hydrogen (secondary N) is 1. The Bertz CT molecular complexity index is 371. The Labute approximate surface area is 99.2 Å². The second kappa shape index (κ2) is 6.27. The van der Waals surface area contributed by atoms with Crippen LogP contribution in [0.25, 0.3) is 0 Å². The Morgan fingerprint density at radius 3 is 2.94 bits per heavy atom. The maximum absolute atomic E-state index is 10.9. The van der Waals surface area contributed by atoms with E-state index in [-0.39, 0.29) is 5.97 Å². The summed E-state index contributed by atoms with van der Waals surface area (Å²) in [6, 6.07) is 0. The molecule has 0 spiro atoms. The number of ether oxygens (including phenoxy) is 1. The monoisotopic (exact) mass is 243 g/mol.